The fourth-order valence-corrected chi connectivity index (χ4v) is 9.66. The monoisotopic (exact) mass is 506 g/mol. The molecule has 0 aliphatic heterocycles. The zero-order valence-corrected chi connectivity index (χ0v) is 22.6. The third-order valence-electron chi connectivity index (χ3n) is 11.6. The van der Waals surface area contributed by atoms with Gasteiger partial charge < -0.3 is 26.4 Å². The molecule has 7 nitrogen and oxygen atoms in total. The summed E-state index contributed by atoms with van der Waals surface area (Å²) < 4.78 is 0. The summed E-state index contributed by atoms with van der Waals surface area (Å²) in [5, 5.41) is 33.6. The van der Waals surface area contributed by atoms with Crippen molar-refractivity contribution < 1.29 is 24.9 Å². The molecule has 0 aromatic heterocycles. The van der Waals surface area contributed by atoms with Gasteiger partial charge in [0.05, 0.1) is 12.2 Å². The summed E-state index contributed by atoms with van der Waals surface area (Å²) in [4.78, 5) is 24.0. The van der Waals surface area contributed by atoms with Crippen molar-refractivity contribution in [3.8, 4) is 0 Å². The molecule has 0 spiro atoms. The van der Waals surface area contributed by atoms with Crippen LogP contribution in [0.25, 0.3) is 0 Å². The number of fused-ring (bicyclic) bond motifs is 5. The van der Waals surface area contributed by atoms with Crippen molar-refractivity contribution in [3.05, 3.63) is 0 Å². The number of aliphatic carboxylic acids is 1. The number of carboxylic acid groups (broad SMARTS) is 1. The first-order valence-corrected chi connectivity index (χ1v) is 14.6. The number of nitrogens with two attached hydrogens (primary N) is 1. The number of hydrogen-bond donors (Lipinski definition) is 5. The summed E-state index contributed by atoms with van der Waals surface area (Å²) in [7, 11) is 0. The number of carbonyl (C=O) groups is 2. The quantitative estimate of drug-likeness (QED) is 0.324. The average Bonchev–Trinajstić information content (AvgIpc) is 3.18. The molecule has 4 fully saturated rings. The van der Waals surface area contributed by atoms with E-state index >= 15 is 0 Å². The van der Waals surface area contributed by atoms with Crippen molar-refractivity contribution >= 4 is 11.9 Å². The Hall–Kier alpha value is -1.18. The normalized spacial score (nSPS) is 43.6. The average molecular weight is 507 g/mol. The summed E-state index contributed by atoms with van der Waals surface area (Å²) in [6, 6.07) is -0.858. The standard InChI is InChI=1S/C29H50N2O5/c1-17(6-9-26(34)31-24(27(35)36)5-4-14-30)20-7-8-21-19-16-25(33)23-15-18(32)10-12-29(23,3)22(19)11-13-28(20,21)2/h17-25,32-33H,4-16,30H2,1-3H3,(H,31,34)(H,35,36). The molecule has 206 valence electrons. The van der Waals surface area contributed by atoms with E-state index < -0.39 is 12.0 Å². The van der Waals surface area contributed by atoms with Crippen LogP contribution in [-0.4, -0.2) is 52.0 Å². The van der Waals surface area contributed by atoms with Crippen LogP contribution in [0.1, 0.15) is 97.8 Å². The summed E-state index contributed by atoms with van der Waals surface area (Å²) in [6.07, 6.45) is 9.81. The van der Waals surface area contributed by atoms with Crippen molar-refractivity contribution in [2.75, 3.05) is 6.54 Å². The maximum Gasteiger partial charge on any atom is 0.326 e. The lowest BCUT2D eigenvalue weighted by Gasteiger charge is -2.62. The molecule has 4 aliphatic carbocycles. The SMILES string of the molecule is CC(CCC(=O)NC(CCCN)C(=O)O)C1CCC2C3CC(O)C4CC(O)CCC4(C)C3CCC12C. The Balaban J connectivity index is 1.38. The highest BCUT2D eigenvalue weighted by Gasteiger charge is 2.62. The van der Waals surface area contributed by atoms with Gasteiger partial charge in [0.15, 0.2) is 0 Å². The van der Waals surface area contributed by atoms with Gasteiger partial charge in [0.2, 0.25) is 5.91 Å². The molecule has 4 rings (SSSR count). The van der Waals surface area contributed by atoms with E-state index in [-0.39, 0.29) is 34.9 Å². The van der Waals surface area contributed by atoms with Crippen molar-refractivity contribution in [2.24, 2.45) is 52.1 Å². The number of aliphatic hydroxyl groups is 2. The number of rotatable bonds is 9. The first kappa shape index (κ1) is 27.8. The van der Waals surface area contributed by atoms with Crippen LogP contribution in [0.2, 0.25) is 0 Å². The molecule has 0 saturated heterocycles. The summed E-state index contributed by atoms with van der Waals surface area (Å²) >= 11 is 0. The van der Waals surface area contributed by atoms with Crippen molar-refractivity contribution in [1.29, 1.82) is 0 Å². The van der Waals surface area contributed by atoms with Gasteiger partial charge in [0.25, 0.3) is 0 Å². The van der Waals surface area contributed by atoms with E-state index in [1.165, 1.54) is 25.7 Å². The molecule has 1 amide bonds. The van der Waals surface area contributed by atoms with E-state index in [0.717, 1.165) is 32.1 Å². The van der Waals surface area contributed by atoms with E-state index in [1.807, 2.05) is 0 Å². The minimum atomic E-state index is -0.995. The van der Waals surface area contributed by atoms with Crippen LogP contribution in [0.4, 0.5) is 0 Å². The van der Waals surface area contributed by atoms with Crippen LogP contribution < -0.4 is 11.1 Å². The van der Waals surface area contributed by atoms with Crippen molar-refractivity contribution in [1.82, 2.24) is 5.32 Å². The highest BCUT2D eigenvalue weighted by molar-refractivity contribution is 5.83. The maximum absolute atomic E-state index is 12.6. The van der Waals surface area contributed by atoms with Crippen molar-refractivity contribution in [2.45, 2.75) is 116 Å². The molecule has 11 atom stereocenters. The molecule has 4 saturated carbocycles. The zero-order valence-electron chi connectivity index (χ0n) is 22.6. The van der Waals surface area contributed by atoms with Crippen LogP contribution in [-0.2, 0) is 9.59 Å². The minimum absolute atomic E-state index is 0.134. The fraction of sp³-hybridized carbons (Fsp3) is 0.931. The second-order valence-corrected chi connectivity index (χ2v) is 13.4. The summed E-state index contributed by atoms with van der Waals surface area (Å²) in [6.45, 7) is 7.56. The number of hydrogen-bond acceptors (Lipinski definition) is 5. The van der Waals surface area contributed by atoms with E-state index in [2.05, 4.69) is 26.1 Å². The van der Waals surface area contributed by atoms with Gasteiger partial charge in [-0.1, -0.05) is 20.8 Å². The van der Waals surface area contributed by atoms with Gasteiger partial charge >= 0.3 is 5.97 Å². The highest BCUT2D eigenvalue weighted by atomic mass is 16.4. The fourth-order valence-electron chi connectivity index (χ4n) is 9.66. The van der Waals surface area contributed by atoms with Crippen LogP contribution in [0.5, 0.6) is 0 Å². The first-order chi connectivity index (χ1) is 17.0. The molecular formula is C29H50N2O5. The van der Waals surface area contributed by atoms with E-state index in [4.69, 9.17) is 5.73 Å². The van der Waals surface area contributed by atoms with E-state index in [1.54, 1.807) is 0 Å². The molecule has 0 aromatic carbocycles. The minimum Gasteiger partial charge on any atom is -0.480 e. The maximum atomic E-state index is 12.6. The first-order valence-electron chi connectivity index (χ1n) is 14.6. The largest absolute Gasteiger partial charge is 0.480 e. The van der Waals surface area contributed by atoms with E-state index in [0.29, 0.717) is 55.4 Å². The van der Waals surface area contributed by atoms with Crippen LogP contribution >= 0.6 is 0 Å². The molecule has 0 heterocycles. The Labute approximate surface area is 217 Å². The van der Waals surface area contributed by atoms with Crippen LogP contribution in [0.15, 0.2) is 0 Å². The molecule has 0 bridgehead atoms. The number of carbonyl (C=O) groups excluding carboxylic acids is 1. The van der Waals surface area contributed by atoms with Crippen molar-refractivity contribution in [3.63, 3.8) is 0 Å². The molecule has 36 heavy (non-hydrogen) atoms. The Bertz CT molecular complexity index is 807. The second-order valence-electron chi connectivity index (χ2n) is 13.4. The topological polar surface area (TPSA) is 133 Å². The molecule has 4 aliphatic rings. The zero-order chi connectivity index (χ0) is 26.3. The molecule has 0 radical (unpaired) electrons. The Kier molecular flexibility index (Phi) is 8.43. The van der Waals surface area contributed by atoms with Crippen LogP contribution in [0, 0.1) is 46.3 Å². The number of nitrogens with one attached hydrogen (secondary N) is 1. The number of amides is 1. The summed E-state index contributed by atoms with van der Waals surface area (Å²) in [5.74, 6) is 1.81. The third kappa shape index (κ3) is 5.09. The lowest BCUT2D eigenvalue weighted by atomic mass is 9.44. The highest BCUT2D eigenvalue weighted by Crippen LogP contribution is 2.68. The van der Waals surface area contributed by atoms with Gasteiger partial charge in [-0.05, 0) is 124 Å². The molecule has 7 heteroatoms. The Morgan fingerprint density at radius 3 is 2.36 bits per heavy atom. The van der Waals surface area contributed by atoms with Gasteiger partial charge in [-0.3, -0.25) is 4.79 Å². The lowest BCUT2D eigenvalue weighted by molar-refractivity contribution is -0.172. The Morgan fingerprint density at radius 1 is 0.972 bits per heavy atom. The second kappa shape index (κ2) is 10.9. The molecular weight excluding hydrogens is 456 g/mol. The number of carboxylic acids is 1. The lowest BCUT2D eigenvalue weighted by Crippen LogP contribution is -2.58. The summed E-state index contributed by atoms with van der Waals surface area (Å²) in [5.41, 5.74) is 5.88. The van der Waals surface area contributed by atoms with Gasteiger partial charge in [-0.2, -0.15) is 0 Å². The van der Waals surface area contributed by atoms with E-state index in [9.17, 15) is 24.9 Å². The third-order valence-corrected chi connectivity index (χ3v) is 11.6. The smallest absolute Gasteiger partial charge is 0.326 e. The predicted molar refractivity (Wildman–Crippen MR) is 139 cm³/mol. The Morgan fingerprint density at radius 2 is 1.67 bits per heavy atom. The van der Waals surface area contributed by atoms with Gasteiger partial charge in [-0.15, -0.1) is 0 Å². The van der Waals surface area contributed by atoms with Crippen LogP contribution in [0.3, 0.4) is 0 Å². The van der Waals surface area contributed by atoms with Gasteiger partial charge in [0, 0.05) is 6.42 Å². The van der Waals surface area contributed by atoms with Gasteiger partial charge in [0.1, 0.15) is 6.04 Å². The van der Waals surface area contributed by atoms with Gasteiger partial charge in [-0.25, -0.2) is 4.79 Å². The molecule has 6 N–H and O–H groups in total. The number of aliphatic hydroxyl groups excluding tert-OH is 2. The molecule has 11 unspecified atom stereocenters. The predicted octanol–water partition coefficient (Wildman–Crippen LogP) is 3.70. The molecule has 0 aromatic rings.